The zero-order valence-corrected chi connectivity index (χ0v) is 10.3. The Balaban J connectivity index is 2.47. The standard InChI is InChI=1S/C11H12N4O4/c1-5-9(6(2)16)10(14-11(12)13-5)7-3-4-8(19-7)15(17)18/h3-4,10H,1-2H3,(H3,12,13,14)/t10-/m0/s1. The highest BCUT2D eigenvalue weighted by Gasteiger charge is 2.30. The summed E-state index contributed by atoms with van der Waals surface area (Å²) in [6.07, 6.45) is 0. The number of nitro groups is 1. The summed E-state index contributed by atoms with van der Waals surface area (Å²) in [5.41, 5.74) is 6.53. The topological polar surface area (TPSA) is 124 Å². The zero-order valence-electron chi connectivity index (χ0n) is 10.3. The van der Waals surface area contributed by atoms with Crippen LogP contribution in [0.3, 0.4) is 0 Å². The van der Waals surface area contributed by atoms with E-state index in [1.54, 1.807) is 6.92 Å². The van der Waals surface area contributed by atoms with E-state index >= 15 is 0 Å². The summed E-state index contributed by atoms with van der Waals surface area (Å²) in [5.74, 6) is -0.264. The maximum Gasteiger partial charge on any atom is 0.433 e. The average molecular weight is 264 g/mol. The van der Waals surface area contributed by atoms with Crippen LogP contribution in [0.1, 0.15) is 25.6 Å². The molecule has 1 aromatic heterocycles. The number of guanidine groups is 1. The minimum atomic E-state index is -0.757. The predicted octanol–water partition coefficient (Wildman–Crippen LogP) is 1.01. The van der Waals surface area contributed by atoms with E-state index in [0.717, 1.165) is 0 Å². The normalized spacial score (nSPS) is 18.8. The van der Waals surface area contributed by atoms with Gasteiger partial charge in [-0.15, -0.1) is 0 Å². The van der Waals surface area contributed by atoms with Crippen molar-refractivity contribution in [2.75, 3.05) is 0 Å². The summed E-state index contributed by atoms with van der Waals surface area (Å²) < 4.78 is 5.09. The smallest absolute Gasteiger partial charge is 0.403 e. The molecule has 19 heavy (non-hydrogen) atoms. The summed E-state index contributed by atoms with van der Waals surface area (Å²) in [4.78, 5) is 25.7. The van der Waals surface area contributed by atoms with Gasteiger partial charge >= 0.3 is 5.88 Å². The van der Waals surface area contributed by atoms with Gasteiger partial charge in [0.2, 0.25) is 0 Å². The molecule has 0 saturated heterocycles. The van der Waals surface area contributed by atoms with Gasteiger partial charge in [0.15, 0.2) is 11.7 Å². The number of carbonyl (C=O) groups is 1. The molecule has 0 radical (unpaired) electrons. The lowest BCUT2D eigenvalue weighted by Crippen LogP contribution is -2.36. The quantitative estimate of drug-likeness (QED) is 0.620. The first-order valence-corrected chi connectivity index (χ1v) is 5.46. The lowest BCUT2D eigenvalue weighted by Gasteiger charge is -2.22. The lowest BCUT2D eigenvalue weighted by atomic mass is 9.98. The summed E-state index contributed by atoms with van der Waals surface area (Å²) in [5, 5.41) is 13.4. The number of Topliss-reactive ketones (excluding diaryl/α,β-unsaturated/α-hetero) is 1. The molecular weight excluding hydrogens is 252 g/mol. The molecule has 0 aliphatic carbocycles. The molecule has 100 valence electrons. The second-order valence-electron chi connectivity index (χ2n) is 4.07. The number of allylic oxidation sites excluding steroid dienone is 1. The fraction of sp³-hybridized carbons (Fsp3) is 0.273. The molecule has 0 unspecified atom stereocenters. The number of furan rings is 1. The zero-order chi connectivity index (χ0) is 14.2. The van der Waals surface area contributed by atoms with Crippen LogP contribution in [0, 0.1) is 10.1 Å². The van der Waals surface area contributed by atoms with Gasteiger partial charge in [0.05, 0.1) is 6.07 Å². The molecule has 0 amide bonds. The van der Waals surface area contributed by atoms with Crippen LogP contribution in [-0.2, 0) is 4.79 Å². The number of nitrogens with zero attached hydrogens (tertiary/aromatic N) is 2. The van der Waals surface area contributed by atoms with E-state index in [1.807, 2.05) is 0 Å². The number of nitrogens with two attached hydrogens (primary N) is 1. The Morgan fingerprint density at radius 1 is 1.58 bits per heavy atom. The molecular formula is C11H12N4O4. The van der Waals surface area contributed by atoms with E-state index in [1.165, 1.54) is 19.1 Å². The largest absolute Gasteiger partial charge is 0.433 e. The fourth-order valence-corrected chi connectivity index (χ4v) is 1.95. The van der Waals surface area contributed by atoms with E-state index in [9.17, 15) is 14.9 Å². The van der Waals surface area contributed by atoms with Gasteiger partial charge in [-0.05, 0) is 19.9 Å². The minimum Gasteiger partial charge on any atom is -0.403 e. The number of rotatable bonds is 3. The molecule has 0 spiro atoms. The van der Waals surface area contributed by atoms with Gasteiger partial charge < -0.3 is 15.5 Å². The molecule has 1 aliphatic heterocycles. The molecule has 8 heteroatoms. The second-order valence-corrected chi connectivity index (χ2v) is 4.07. The molecule has 2 heterocycles. The van der Waals surface area contributed by atoms with Gasteiger partial charge in [0.1, 0.15) is 16.7 Å². The van der Waals surface area contributed by atoms with Gasteiger partial charge in [-0.1, -0.05) is 0 Å². The Hall–Kier alpha value is -2.64. The molecule has 8 nitrogen and oxygen atoms in total. The van der Waals surface area contributed by atoms with Gasteiger partial charge in [-0.2, -0.15) is 0 Å². The Bertz CT molecular complexity index is 614. The third kappa shape index (κ3) is 2.32. The van der Waals surface area contributed by atoms with Crippen LogP contribution in [0.25, 0.3) is 0 Å². The molecule has 0 saturated carbocycles. The molecule has 3 N–H and O–H groups in total. The van der Waals surface area contributed by atoms with Crippen molar-refractivity contribution in [1.82, 2.24) is 5.32 Å². The van der Waals surface area contributed by atoms with Gasteiger partial charge in [-0.25, -0.2) is 4.99 Å². The van der Waals surface area contributed by atoms with Crippen molar-refractivity contribution < 1.29 is 14.1 Å². The first-order chi connectivity index (χ1) is 8.90. The number of ketones is 1. The maximum absolute atomic E-state index is 11.7. The average Bonchev–Trinajstić information content (AvgIpc) is 2.76. The molecule has 1 aliphatic rings. The molecule has 2 rings (SSSR count). The number of carbonyl (C=O) groups excluding carboxylic acids is 1. The highest BCUT2D eigenvalue weighted by Crippen LogP contribution is 2.33. The minimum absolute atomic E-state index is 0.131. The Labute approximate surface area is 108 Å². The molecule has 0 bridgehead atoms. The van der Waals surface area contributed by atoms with Crippen LogP contribution in [0.15, 0.2) is 32.8 Å². The van der Waals surface area contributed by atoms with Crippen molar-refractivity contribution in [3.05, 3.63) is 39.3 Å². The molecule has 1 atom stereocenters. The third-order valence-electron chi connectivity index (χ3n) is 2.70. The summed E-state index contributed by atoms with van der Waals surface area (Å²) in [6.45, 7) is 3.07. The van der Waals surface area contributed by atoms with Crippen LogP contribution >= 0.6 is 0 Å². The lowest BCUT2D eigenvalue weighted by molar-refractivity contribution is -0.402. The number of hydrogen-bond donors (Lipinski definition) is 2. The van der Waals surface area contributed by atoms with Gasteiger partial charge in [0, 0.05) is 11.3 Å². The molecule has 1 aromatic rings. The van der Waals surface area contributed by atoms with Crippen LogP contribution in [0.4, 0.5) is 5.88 Å². The van der Waals surface area contributed by atoms with Crippen molar-refractivity contribution in [1.29, 1.82) is 0 Å². The van der Waals surface area contributed by atoms with Gasteiger partial charge in [-0.3, -0.25) is 14.9 Å². The van der Waals surface area contributed by atoms with Gasteiger partial charge in [0.25, 0.3) is 0 Å². The predicted molar refractivity (Wildman–Crippen MR) is 66.2 cm³/mol. The van der Waals surface area contributed by atoms with Crippen LogP contribution in [0.2, 0.25) is 0 Å². The van der Waals surface area contributed by atoms with E-state index in [2.05, 4.69) is 10.3 Å². The van der Waals surface area contributed by atoms with E-state index in [-0.39, 0.29) is 17.5 Å². The summed E-state index contributed by atoms with van der Waals surface area (Å²) in [7, 11) is 0. The van der Waals surface area contributed by atoms with Crippen molar-refractivity contribution in [3.8, 4) is 0 Å². The number of nitrogens with one attached hydrogen (secondary N) is 1. The Morgan fingerprint density at radius 2 is 2.26 bits per heavy atom. The first-order valence-electron chi connectivity index (χ1n) is 5.46. The monoisotopic (exact) mass is 264 g/mol. The van der Waals surface area contributed by atoms with Crippen molar-refractivity contribution in [3.63, 3.8) is 0 Å². The number of aliphatic imine (C=N–C) groups is 1. The number of hydrogen-bond acceptors (Lipinski definition) is 7. The van der Waals surface area contributed by atoms with E-state index in [4.69, 9.17) is 10.2 Å². The van der Waals surface area contributed by atoms with E-state index < -0.39 is 16.8 Å². The summed E-state index contributed by atoms with van der Waals surface area (Å²) in [6, 6.07) is 1.88. The van der Waals surface area contributed by atoms with Crippen molar-refractivity contribution in [2.45, 2.75) is 19.9 Å². The van der Waals surface area contributed by atoms with Crippen LogP contribution in [0.5, 0.6) is 0 Å². The first kappa shape index (κ1) is 12.8. The third-order valence-corrected chi connectivity index (χ3v) is 2.70. The van der Waals surface area contributed by atoms with Crippen molar-refractivity contribution in [2.24, 2.45) is 10.7 Å². The van der Waals surface area contributed by atoms with Crippen molar-refractivity contribution >= 4 is 17.6 Å². The second kappa shape index (κ2) is 4.56. The molecule has 0 aromatic carbocycles. The van der Waals surface area contributed by atoms with E-state index in [0.29, 0.717) is 11.3 Å². The van der Waals surface area contributed by atoms with Crippen LogP contribution in [-0.4, -0.2) is 16.7 Å². The Kier molecular flexibility index (Phi) is 3.07. The molecule has 0 fully saturated rings. The SMILES string of the molecule is CC(=O)C1=C(C)NC(N)=N[C@H]1c1ccc([N+](=O)[O-])o1. The fourth-order valence-electron chi connectivity index (χ4n) is 1.95. The summed E-state index contributed by atoms with van der Waals surface area (Å²) >= 11 is 0. The maximum atomic E-state index is 11.7. The Morgan fingerprint density at radius 3 is 2.79 bits per heavy atom. The highest BCUT2D eigenvalue weighted by molar-refractivity contribution is 5.98. The highest BCUT2D eigenvalue weighted by atomic mass is 16.6. The van der Waals surface area contributed by atoms with Crippen LogP contribution < -0.4 is 11.1 Å².